The predicted octanol–water partition coefficient (Wildman–Crippen LogP) is 4.34. The van der Waals surface area contributed by atoms with Gasteiger partial charge in [0.1, 0.15) is 23.5 Å². The molecule has 0 amide bonds. The highest BCUT2D eigenvalue weighted by Gasteiger charge is 2.40. The fraction of sp³-hybridized carbons (Fsp3) is 0.382. The van der Waals surface area contributed by atoms with Gasteiger partial charge in [-0.2, -0.15) is 4.31 Å². The van der Waals surface area contributed by atoms with E-state index in [0.29, 0.717) is 36.3 Å². The molecule has 15 heteroatoms. The summed E-state index contributed by atoms with van der Waals surface area (Å²) < 4.78 is 61.7. The monoisotopic (exact) mass is 701 g/mol. The average molecular weight is 702 g/mol. The number of benzene rings is 3. The van der Waals surface area contributed by atoms with Crippen molar-refractivity contribution in [1.29, 1.82) is 0 Å². The minimum absolute atomic E-state index is 0.00628. The molecule has 2 atom stereocenters. The summed E-state index contributed by atoms with van der Waals surface area (Å²) in [4.78, 5) is 36.7. The Morgan fingerprint density at radius 3 is 2.27 bits per heavy atom. The maximum atomic E-state index is 14.0. The molecule has 1 saturated heterocycles. The predicted molar refractivity (Wildman–Crippen MR) is 174 cm³/mol. The number of sulfonamides is 1. The van der Waals surface area contributed by atoms with E-state index >= 15 is 0 Å². The van der Waals surface area contributed by atoms with Gasteiger partial charge in [0.15, 0.2) is 29.6 Å². The zero-order valence-corrected chi connectivity index (χ0v) is 28.4. The summed E-state index contributed by atoms with van der Waals surface area (Å²) in [5.74, 6) is -2.32. The van der Waals surface area contributed by atoms with Crippen LogP contribution in [0.5, 0.6) is 28.7 Å². The number of methoxy groups -OCH3 is 4. The van der Waals surface area contributed by atoms with Crippen molar-refractivity contribution in [2.75, 3.05) is 41.6 Å². The molecule has 1 heterocycles. The van der Waals surface area contributed by atoms with Gasteiger partial charge in [-0.25, -0.2) is 18.0 Å². The van der Waals surface area contributed by atoms with Gasteiger partial charge < -0.3 is 38.6 Å². The van der Waals surface area contributed by atoms with Crippen molar-refractivity contribution in [3.63, 3.8) is 0 Å². The Balaban J connectivity index is 1.66. The second-order valence-corrected chi connectivity index (χ2v) is 12.9. The van der Waals surface area contributed by atoms with Gasteiger partial charge in [0.05, 0.1) is 33.3 Å². The Labute approximate surface area is 284 Å². The molecule has 1 aliphatic rings. The number of aliphatic carboxylic acids is 1. The minimum Gasteiger partial charge on any atom is -0.493 e. The van der Waals surface area contributed by atoms with Crippen LogP contribution in [-0.2, 0) is 30.8 Å². The largest absolute Gasteiger partial charge is 0.493 e. The van der Waals surface area contributed by atoms with Crippen molar-refractivity contribution in [3.05, 3.63) is 71.3 Å². The van der Waals surface area contributed by atoms with E-state index in [1.165, 1.54) is 28.4 Å². The third kappa shape index (κ3) is 8.72. The molecule has 3 aromatic rings. The molecule has 3 aromatic carbocycles. The molecule has 0 unspecified atom stereocenters. The lowest BCUT2D eigenvalue weighted by molar-refractivity contribution is -0.155. The van der Waals surface area contributed by atoms with Gasteiger partial charge in [0.2, 0.25) is 10.0 Å². The quantitative estimate of drug-likeness (QED) is 0.201. The third-order valence-electron chi connectivity index (χ3n) is 8.01. The molecule has 0 aromatic heterocycles. The number of rotatable bonds is 16. The van der Waals surface area contributed by atoms with Crippen LogP contribution in [0.2, 0.25) is 0 Å². The number of carbonyl (C=O) groups is 3. The van der Waals surface area contributed by atoms with Gasteiger partial charge >= 0.3 is 17.9 Å². The van der Waals surface area contributed by atoms with Crippen LogP contribution in [0.1, 0.15) is 53.3 Å². The molecule has 2 N–H and O–H groups in total. The van der Waals surface area contributed by atoms with E-state index < -0.39 is 52.2 Å². The highest BCUT2D eigenvalue weighted by Crippen LogP contribution is 2.37. The molecule has 0 radical (unpaired) electrons. The second kappa shape index (κ2) is 16.4. The normalized spacial score (nSPS) is 15.5. The molecule has 0 saturated carbocycles. The van der Waals surface area contributed by atoms with Gasteiger partial charge in [-0.15, -0.1) is 0 Å². The van der Waals surface area contributed by atoms with E-state index in [-0.39, 0.29) is 41.5 Å². The van der Waals surface area contributed by atoms with Crippen LogP contribution in [-0.4, -0.2) is 88.5 Å². The average Bonchev–Trinajstić information content (AvgIpc) is 3.11. The second-order valence-electron chi connectivity index (χ2n) is 11.0. The molecular weight excluding hydrogens is 662 g/mol. The summed E-state index contributed by atoms with van der Waals surface area (Å²) in [6.45, 7) is -0.581. The highest BCUT2D eigenvalue weighted by molar-refractivity contribution is 7.89. The highest BCUT2D eigenvalue weighted by atomic mass is 32.2. The Bertz CT molecular complexity index is 1780. The van der Waals surface area contributed by atoms with Crippen molar-refractivity contribution in [2.24, 2.45) is 0 Å². The number of carbonyl (C=O) groups excluding carboxylic acids is 1. The number of hydrogen-bond acceptors (Lipinski definition) is 11. The standard InChI is InChI=1S/C34H39NO13S/c1-43-28-14-12-21(16-29(28)44-2)11-13-27(22-8-7-9-23(17-22)47-20-31(36)37)48-34(40)26-10-5-6-15-35(26)49(41,42)24-18-25(33(38)39)32(46-4)30(19-24)45-3/h7-9,12,14,16-19,26-27H,5-6,10-11,13,15,20H2,1-4H3,(H,36,37)(H,38,39)/t26-,27+/m0/s1. The topological polar surface area (TPSA) is 184 Å². The molecular formula is C34H39NO13S. The van der Waals surface area contributed by atoms with Crippen molar-refractivity contribution in [2.45, 2.75) is 49.1 Å². The fourth-order valence-electron chi connectivity index (χ4n) is 5.61. The number of carboxylic acid groups (broad SMARTS) is 2. The molecule has 1 fully saturated rings. The van der Waals surface area contributed by atoms with E-state index in [4.69, 9.17) is 33.5 Å². The van der Waals surface area contributed by atoms with Crippen molar-refractivity contribution >= 4 is 27.9 Å². The lowest BCUT2D eigenvalue weighted by Crippen LogP contribution is -2.48. The van der Waals surface area contributed by atoms with Crippen molar-refractivity contribution in [1.82, 2.24) is 4.31 Å². The summed E-state index contributed by atoms with van der Waals surface area (Å²) in [6, 6.07) is 12.8. The van der Waals surface area contributed by atoms with E-state index in [2.05, 4.69) is 0 Å². The third-order valence-corrected chi connectivity index (χ3v) is 9.89. The van der Waals surface area contributed by atoms with Crippen LogP contribution in [0.4, 0.5) is 0 Å². The van der Waals surface area contributed by atoms with Gasteiger partial charge in [-0.3, -0.25) is 4.79 Å². The molecule has 0 spiro atoms. The fourth-order valence-corrected chi connectivity index (χ4v) is 7.30. The van der Waals surface area contributed by atoms with E-state index in [1.54, 1.807) is 36.4 Å². The SMILES string of the molecule is COc1ccc(CC[C@@H](OC(=O)[C@@H]2CCCCN2S(=O)(=O)c2cc(OC)c(OC)c(C(=O)O)c2)c2cccc(OCC(=O)O)c2)cc1OC. The first kappa shape index (κ1) is 36.8. The van der Waals surface area contributed by atoms with Crippen LogP contribution >= 0.6 is 0 Å². The Hall–Kier alpha value is -5.02. The van der Waals surface area contributed by atoms with Gasteiger partial charge in [0.25, 0.3) is 0 Å². The van der Waals surface area contributed by atoms with Crippen LogP contribution in [0.3, 0.4) is 0 Å². The summed E-state index contributed by atoms with van der Waals surface area (Å²) in [7, 11) is 1.11. The minimum atomic E-state index is -4.43. The number of esters is 1. The molecule has 264 valence electrons. The molecule has 0 bridgehead atoms. The number of piperidine rings is 1. The first-order chi connectivity index (χ1) is 23.4. The van der Waals surface area contributed by atoms with E-state index in [1.807, 2.05) is 6.07 Å². The number of ether oxygens (including phenoxy) is 6. The summed E-state index contributed by atoms with van der Waals surface area (Å²) in [5, 5.41) is 18.8. The van der Waals surface area contributed by atoms with Crippen LogP contribution in [0.25, 0.3) is 0 Å². The Morgan fingerprint density at radius 1 is 0.878 bits per heavy atom. The molecule has 49 heavy (non-hydrogen) atoms. The number of carboxylic acids is 2. The van der Waals surface area contributed by atoms with Crippen LogP contribution in [0.15, 0.2) is 59.5 Å². The van der Waals surface area contributed by atoms with Gasteiger partial charge in [-0.1, -0.05) is 18.2 Å². The van der Waals surface area contributed by atoms with Gasteiger partial charge in [0, 0.05) is 12.6 Å². The van der Waals surface area contributed by atoms with E-state index in [9.17, 15) is 27.9 Å². The zero-order chi connectivity index (χ0) is 35.7. The first-order valence-electron chi connectivity index (χ1n) is 15.3. The maximum Gasteiger partial charge on any atom is 0.341 e. The van der Waals surface area contributed by atoms with Crippen LogP contribution in [0, 0.1) is 0 Å². The zero-order valence-electron chi connectivity index (χ0n) is 27.5. The number of hydrogen-bond donors (Lipinski definition) is 2. The number of nitrogens with zero attached hydrogens (tertiary/aromatic N) is 1. The molecule has 14 nitrogen and oxygen atoms in total. The van der Waals surface area contributed by atoms with Crippen LogP contribution < -0.4 is 23.7 Å². The number of aromatic carboxylic acids is 1. The molecule has 4 rings (SSSR count). The Kier molecular flexibility index (Phi) is 12.3. The van der Waals surface area contributed by atoms with Gasteiger partial charge in [-0.05, 0) is 73.6 Å². The lowest BCUT2D eigenvalue weighted by atomic mass is 10.00. The summed E-state index contributed by atoms with van der Waals surface area (Å²) >= 11 is 0. The number of aryl methyl sites for hydroxylation is 1. The lowest BCUT2D eigenvalue weighted by Gasteiger charge is -2.34. The van der Waals surface area contributed by atoms with Crippen molar-refractivity contribution < 1.29 is 61.4 Å². The summed E-state index contributed by atoms with van der Waals surface area (Å²) in [5.41, 5.74) is 0.936. The molecule has 1 aliphatic heterocycles. The van der Waals surface area contributed by atoms with E-state index in [0.717, 1.165) is 22.0 Å². The smallest absolute Gasteiger partial charge is 0.341 e. The van der Waals surface area contributed by atoms with Crippen molar-refractivity contribution in [3.8, 4) is 28.7 Å². The summed E-state index contributed by atoms with van der Waals surface area (Å²) in [6.07, 6.45) is 0.970. The Morgan fingerprint density at radius 2 is 1.61 bits per heavy atom. The maximum absolute atomic E-state index is 14.0. The molecule has 0 aliphatic carbocycles. The first-order valence-corrected chi connectivity index (χ1v) is 16.7.